The Morgan fingerprint density at radius 1 is 1.33 bits per heavy atom. The first-order valence-electron chi connectivity index (χ1n) is 8.06. The highest BCUT2D eigenvalue weighted by Crippen LogP contribution is 2.23. The van der Waals surface area contributed by atoms with E-state index in [9.17, 15) is 9.90 Å². The highest BCUT2D eigenvalue weighted by molar-refractivity contribution is 5.88. The summed E-state index contributed by atoms with van der Waals surface area (Å²) in [4.78, 5) is 16.3. The van der Waals surface area contributed by atoms with Gasteiger partial charge in [-0.1, -0.05) is 6.07 Å². The number of fused-ring (bicyclic) bond motifs is 1. The number of carbonyl (C=O) groups excluding carboxylic acids is 1. The van der Waals surface area contributed by atoms with Crippen LogP contribution in [0.15, 0.2) is 30.5 Å². The van der Waals surface area contributed by atoms with Crippen LogP contribution in [0, 0.1) is 0 Å². The number of phenolic OH excluding ortho intramolecular Hbond substituents is 1. The summed E-state index contributed by atoms with van der Waals surface area (Å²) in [6.45, 7) is 2.82. The quantitative estimate of drug-likeness (QED) is 0.896. The molecule has 24 heavy (non-hydrogen) atoms. The predicted octanol–water partition coefficient (Wildman–Crippen LogP) is 1.74. The van der Waals surface area contributed by atoms with E-state index in [1.807, 2.05) is 31.0 Å². The molecule has 0 fully saturated rings. The van der Waals surface area contributed by atoms with Gasteiger partial charge in [-0.15, -0.1) is 0 Å². The molecular weight excluding hydrogens is 306 g/mol. The van der Waals surface area contributed by atoms with Crippen LogP contribution in [0.1, 0.15) is 11.1 Å². The predicted molar refractivity (Wildman–Crippen MR) is 92.0 cm³/mol. The third-order valence-corrected chi connectivity index (χ3v) is 4.14. The summed E-state index contributed by atoms with van der Waals surface area (Å²) < 4.78 is 1.82. The Morgan fingerprint density at radius 3 is 2.96 bits per heavy atom. The molecule has 7 heteroatoms. The SMILES string of the molecule is CN(C)CCn1ccc(NC(=O)N2CCc3ccc(O)cc3C2)n1. The van der Waals surface area contributed by atoms with Gasteiger partial charge in [0.15, 0.2) is 5.82 Å². The second-order valence-electron chi connectivity index (χ2n) is 6.32. The minimum Gasteiger partial charge on any atom is -0.508 e. The number of nitrogens with one attached hydrogen (secondary N) is 1. The zero-order chi connectivity index (χ0) is 17.1. The maximum atomic E-state index is 12.4. The van der Waals surface area contributed by atoms with Crippen molar-refractivity contribution in [2.75, 3.05) is 32.5 Å². The molecule has 2 N–H and O–H groups in total. The minimum atomic E-state index is -0.165. The van der Waals surface area contributed by atoms with Gasteiger partial charge in [0, 0.05) is 31.9 Å². The summed E-state index contributed by atoms with van der Waals surface area (Å²) in [5.74, 6) is 0.788. The summed E-state index contributed by atoms with van der Waals surface area (Å²) in [5.41, 5.74) is 2.18. The summed E-state index contributed by atoms with van der Waals surface area (Å²) >= 11 is 0. The van der Waals surface area contributed by atoms with Crippen LogP contribution in [0.2, 0.25) is 0 Å². The number of rotatable bonds is 4. The average molecular weight is 329 g/mol. The number of hydrogen-bond donors (Lipinski definition) is 2. The van der Waals surface area contributed by atoms with Crippen molar-refractivity contribution in [2.24, 2.45) is 0 Å². The Morgan fingerprint density at radius 2 is 2.17 bits per heavy atom. The van der Waals surface area contributed by atoms with Gasteiger partial charge in [-0.2, -0.15) is 5.10 Å². The van der Waals surface area contributed by atoms with E-state index < -0.39 is 0 Å². The van der Waals surface area contributed by atoms with Gasteiger partial charge in [0.1, 0.15) is 5.75 Å². The van der Waals surface area contributed by atoms with Gasteiger partial charge in [-0.05, 0) is 43.8 Å². The van der Waals surface area contributed by atoms with Crippen molar-refractivity contribution >= 4 is 11.8 Å². The molecule has 1 aliphatic heterocycles. The second kappa shape index (κ2) is 6.92. The van der Waals surface area contributed by atoms with Crippen molar-refractivity contribution in [3.63, 3.8) is 0 Å². The summed E-state index contributed by atoms with van der Waals surface area (Å²) in [5, 5.41) is 16.8. The summed E-state index contributed by atoms with van der Waals surface area (Å²) in [6.07, 6.45) is 2.66. The van der Waals surface area contributed by atoms with Crippen molar-refractivity contribution in [3.05, 3.63) is 41.6 Å². The van der Waals surface area contributed by atoms with Crippen molar-refractivity contribution < 1.29 is 9.90 Å². The van der Waals surface area contributed by atoms with Gasteiger partial charge in [0.25, 0.3) is 0 Å². The topological polar surface area (TPSA) is 73.6 Å². The van der Waals surface area contributed by atoms with Gasteiger partial charge < -0.3 is 14.9 Å². The lowest BCUT2D eigenvalue weighted by molar-refractivity contribution is 0.206. The molecule has 0 spiro atoms. The summed E-state index contributed by atoms with van der Waals surface area (Å²) in [7, 11) is 4.02. The number of nitrogens with zero attached hydrogens (tertiary/aromatic N) is 4. The molecule has 0 aliphatic carbocycles. The van der Waals surface area contributed by atoms with Crippen molar-refractivity contribution in [3.8, 4) is 5.75 Å². The van der Waals surface area contributed by atoms with E-state index in [2.05, 4.69) is 15.3 Å². The van der Waals surface area contributed by atoms with E-state index in [0.29, 0.717) is 18.9 Å². The number of amides is 2. The molecule has 2 aromatic rings. The van der Waals surface area contributed by atoms with Gasteiger partial charge in [0.2, 0.25) is 0 Å². The molecule has 1 aromatic heterocycles. The largest absolute Gasteiger partial charge is 0.508 e. The lowest BCUT2D eigenvalue weighted by atomic mass is 10.00. The van der Waals surface area contributed by atoms with Crippen molar-refractivity contribution in [2.45, 2.75) is 19.5 Å². The van der Waals surface area contributed by atoms with Crippen LogP contribution in [0.4, 0.5) is 10.6 Å². The number of carbonyl (C=O) groups is 1. The Labute approximate surface area is 141 Å². The number of hydrogen-bond acceptors (Lipinski definition) is 4. The van der Waals surface area contributed by atoms with E-state index >= 15 is 0 Å². The summed E-state index contributed by atoms with van der Waals surface area (Å²) in [6, 6.07) is 6.98. The van der Waals surface area contributed by atoms with Crippen molar-refractivity contribution in [1.29, 1.82) is 0 Å². The van der Waals surface area contributed by atoms with Crippen LogP contribution in [-0.4, -0.2) is 57.9 Å². The van der Waals surface area contributed by atoms with Crippen LogP contribution >= 0.6 is 0 Å². The van der Waals surface area contributed by atoms with Crippen LogP contribution in [0.25, 0.3) is 0 Å². The fraction of sp³-hybridized carbons (Fsp3) is 0.412. The van der Waals surface area contributed by atoms with Gasteiger partial charge in [-0.25, -0.2) is 4.79 Å². The molecular formula is C17H23N5O2. The lowest BCUT2D eigenvalue weighted by Gasteiger charge is -2.28. The Kier molecular flexibility index (Phi) is 4.71. The van der Waals surface area contributed by atoms with E-state index in [1.54, 1.807) is 23.1 Å². The zero-order valence-electron chi connectivity index (χ0n) is 14.1. The normalized spacial score (nSPS) is 13.9. The van der Waals surface area contributed by atoms with Crippen molar-refractivity contribution in [1.82, 2.24) is 19.6 Å². The molecule has 7 nitrogen and oxygen atoms in total. The molecule has 128 valence electrons. The molecule has 3 rings (SSSR count). The fourth-order valence-electron chi connectivity index (χ4n) is 2.76. The molecule has 0 atom stereocenters. The number of likely N-dealkylation sites (N-methyl/N-ethyl adjacent to an activating group) is 1. The van der Waals surface area contributed by atoms with Crippen LogP contribution in [-0.2, 0) is 19.5 Å². The standard InChI is InChI=1S/C17H23N5O2/c1-20(2)9-10-22-8-6-16(19-22)18-17(24)21-7-5-13-3-4-15(23)11-14(13)12-21/h3-4,6,8,11,23H,5,7,9-10,12H2,1-2H3,(H,18,19,24). The van der Waals surface area contributed by atoms with E-state index in [-0.39, 0.29) is 11.8 Å². The monoisotopic (exact) mass is 329 g/mol. The number of aromatic hydroxyl groups is 1. The van der Waals surface area contributed by atoms with Gasteiger partial charge in [0.05, 0.1) is 6.54 Å². The van der Waals surface area contributed by atoms with Crippen LogP contribution in [0.5, 0.6) is 5.75 Å². The maximum absolute atomic E-state index is 12.4. The van der Waals surface area contributed by atoms with Crippen LogP contribution in [0.3, 0.4) is 0 Å². The highest BCUT2D eigenvalue weighted by Gasteiger charge is 2.21. The molecule has 0 saturated heterocycles. The van der Waals surface area contributed by atoms with Crippen LogP contribution < -0.4 is 5.32 Å². The Bertz CT molecular complexity index is 726. The molecule has 0 bridgehead atoms. The number of phenols is 1. The average Bonchev–Trinajstić information content (AvgIpc) is 2.99. The first-order valence-corrected chi connectivity index (χ1v) is 8.06. The Balaban J connectivity index is 1.59. The number of benzene rings is 1. The third-order valence-electron chi connectivity index (χ3n) is 4.14. The number of urea groups is 1. The number of anilines is 1. The zero-order valence-corrected chi connectivity index (χ0v) is 14.1. The first-order chi connectivity index (χ1) is 11.5. The van der Waals surface area contributed by atoms with E-state index in [4.69, 9.17) is 0 Å². The third kappa shape index (κ3) is 3.86. The first kappa shape index (κ1) is 16.3. The molecule has 2 amide bonds. The van der Waals surface area contributed by atoms with E-state index in [1.165, 1.54) is 5.56 Å². The van der Waals surface area contributed by atoms with Gasteiger partial charge in [-0.3, -0.25) is 10.00 Å². The van der Waals surface area contributed by atoms with E-state index in [0.717, 1.165) is 25.1 Å². The molecule has 1 aromatic carbocycles. The molecule has 0 unspecified atom stereocenters. The highest BCUT2D eigenvalue weighted by atomic mass is 16.3. The van der Waals surface area contributed by atoms with Gasteiger partial charge >= 0.3 is 6.03 Å². The Hall–Kier alpha value is -2.54. The number of aromatic nitrogens is 2. The fourth-order valence-corrected chi connectivity index (χ4v) is 2.76. The molecule has 2 heterocycles. The molecule has 0 radical (unpaired) electrons. The molecule has 0 saturated carbocycles. The molecule has 1 aliphatic rings. The maximum Gasteiger partial charge on any atom is 0.323 e. The minimum absolute atomic E-state index is 0.165. The lowest BCUT2D eigenvalue weighted by Crippen LogP contribution is -2.39. The smallest absolute Gasteiger partial charge is 0.323 e. The second-order valence-corrected chi connectivity index (χ2v) is 6.32.